The average Bonchev–Trinajstić information content (AvgIpc) is 3.44. The predicted molar refractivity (Wildman–Crippen MR) is 136 cm³/mol. The summed E-state index contributed by atoms with van der Waals surface area (Å²) < 4.78 is 55.5. The van der Waals surface area contributed by atoms with E-state index >= 15 is 8.78 Å². The van der Waals surface area contributed by atoms with Crippen molar-refractivity contribution in [1.82, 2.24) is 10.2 Å². The lowest BCUT2D eigenvalue weighted by molar-refractivity contribution is -0.148. The fourth-order valence-corrected chi connectivity index (χ4v) is 5.63. The van der Waals surface area contributed by atoms with Crippen molar-refractivity contribution in [3.8, 4) is 11.5 Å². The Bertz CT molecular complexity index is 1150. The zero-order valence-corrected chi connectivity index (χ0v) is 21.5. The van der Waals surface area contributed by atoms with Crippen molar-refractivity contribution >= 4 is 5.91 Å². The maximum absolute atomic E-state index is 15.1. The molecule has 1 saturated heterocycles. The highest BCUT2D eigenvalue weighted by molar-refractivity contribution is 5.83. The Kier molecular flexibility index (Phi) is 8.14. The number of carbonyl (C=O) groups is 1. The maximum atomic E-state index is 15.1. The number of hydrogen-bond donors (Lipinski definition) is 2. The number of amides is 1. The highest BCUT2D eigenvalue weighted by Crippen LogP contribution is 2.37. The first-order valence-corrected chi connectivity index (χ1v) is 13.6. The summed E-state index contributed by atoms with van der Waals surface area (Å²) in [6, 6.07) is 7.36. The summed E-state index contributed by atoms with van der Waals surface area (Å²) in [5.74, 6) is -5.67. The second-order valence-electron chi connectivity index (χ2n) is 10.6. The minimum absolute atomic E-state index is 0.0407. The van der Waals surface area contributed by atoms with Crippen LogP contribution in [0.4, 0.5) is 13.2 Å². The van der Waals surface area contributed by atoms with E-state index in [4.69, 9.17) is 9.47 Å². The zero-order valence-electron chi connectivity index (χ0n) is 21.5. The normalized spacial score (nSPS) is 19.1. The Morgan fingerprint density at radius 3 is 2.55 bits per heavy atom. The third-order valence-corrected chi connectivity index (χ3v) is 7.78. The molecule has 0 radical (unpaired) electrons. The molecule has 2 aromatic rings. The van der Waals surface area contributed by atoms with Crippen LogP contribution in [0.5, 0.6) is 11.5 Å². The summed E-state index contributed by atoms with van der Waals surface area (Å²) in [6.45, 7) is 2.09. The third kappa shape index (κ3) is 6.10. The van der Waals surface area contributed by atoms with E-state index in [9.17, 15) is 14.3 Å². The molecule has 9 heteroatoms. The molecule has 2 N–H and O–H groups in total. The van der Waals surface area contributed by atoms with E-state index in [1.54, 1.807) is 0 Å². The van der Waals surface area contributed by atoms with Crippen LogP contribution in [0.15, 0.2) is 30.3 Å². The number of benzene rings is 2. The van der Waals surface area contributed by atoms with Gasteiger partial charge in [-0.1, -0.05) is 18.2 Å². The van der Waals surface area contributed by atoms with Crippen molar-refractivity contribution < 1.29 is 32.5 Å². The van der Waals surface area contributed by atoms with Crippen molar-refractivity contribution in [3.63, 3.8) is 0 Å². The molecular weight excluding hydrogens is 497 g/mol. The second kappa shape index (κ2) is 11.5. The Morgan fingerprint density at radius 2 is 1.76 bits per heavy atom. The van der Waals surface area contributed by atoms with Gasteiger partial charge in [0.25, 0.3) is 5.91 Å². The number of fused-ring (bicyclic) bond motifs is 2. The van der Waals surface area contributed by atoms with Crippen molar-refractivity contribution in [1.29, 1.82) is 0 Å². The molecule has 38 heavy (non-hydrogen) atoms. The first kappa shape index (κ1) is 26.8. The zero-order chi connectivity index (χ0) is 26.7. The van der Waals surface area contributed by atoms with E-state index in [0.717, 1.165) is 63.2 Å². The lowest BCUT2D eigenvalue weighted by atomic mass is 9.89. The van der Waals surface area contributed by atoms with Crippen LogP contribution in [0.3, 0.4) is 0 Å². The topological polar surface area (TPSA) is 71.0 Å². The van der Waals surface area contributed by atoms with Gasteiger partial charge >= 0.3 is 5.92 Å². The molecule has 2 aliphatic heterocycles. The van der Waals surface area contributed by atoms with E-state index in [-0.39, 0.29) is 43.2 Å². The lowest BCUT2D eigenvalue weighted by Gasteiger charge is -2.30. The number of aliphatic hydroxyl groups is 1. The molecule has 206 valence electrons. The Hall–Kier alpha value is -2.78. The first-order chi connectivity index (χ1) is 18.3. The van der Waals surface area contributed by atoms with E-state index in [0.29, 0.717) is 0 Å². The molecule has 2 aromatic carbocycles. The summed E-state index contributed by atoms with van der Waals surface area (Å²) >= 11 is 0. The molecule has 2 unspecified atom stereocenters. The number of halogens is 3. The van der Waals surface area contributed by atoms with Gasteiger partial charge in [0.15, 0.2) is 17.3 Å². The Balaban J connectivity index is 1.29. The van der Waals surface area contributed by atoms with Crippen LogP contribution in [0.2, 0.25) is 0 Å². The molecule has 0 bridgehead atoms. The van der Waals surface area contributed by atoms with Gasteiger partial charge in [-0.15, -0.1) is 0 Å². The number of aliphatic hydroxyl groups excluding tert-OH is 1. The number of aryl methyl sites for hydroxylation is 3. The summed E-state index contributed by atoms with van der Waals surface area (Å²) in [5.41, 5.74) is 3.41. The van der Waals surface area contributed by atoms with Gasteiger partial charge in [0.05, 0.1) is 6.04 Å². The number of alkyl halides is 2. The Morgan fingerprint density at radius 1 is 1.03 bits per heavy atom. The quantitative estimate of drug-likeness (QED) is 0.503. The summed E-state index contributed by atoms with van der Waals surface area (Å²) in [7, 11) is 0. The number of hydrogen-bond acceptors (Lipinski definition) is 5. The highest BCUT2D eigenvalue weighted by atomic mass is 19.3. The van der Waals surface area contributed by atoms with Crippen LogP contribution in [-0.4, -0.2) is 60.7 Å². The van der Waals surface area contributed by atoms with Crippen LogP contribution in [0, 0.1) is 5.82 Å². The SMILES string of the molecule is O=C(NC(CN1CCCC1)C(O)c1cc(F)c2c(c1)OCCO2)C(F)(F)CCc1ccc2c(c1)CCCC2. The number of nitrogens with zero attached hydrogens (tertiary/aromatic N) is 1. The average molecular weight is 533 g/mol. The fraction of sp³-hybridized carbons (Fsp3) is 0.552. The molecule has 1 aliphatic carbocycles. The van der Waals surface area contributed by atoms with E-state index in [1.165, 1.54) is 17.2 Å². The van der Waals surface area contributed by atoms with Crippen LogP contribution in [0.1, 0.15) is 60.5 Å². The van der Waals surface area contributed by atoms with Gasteiger partial charge < -0.3 is 24.8 Å². The van der Waals surface area contributed by atoms with E-state index in [1.807, 2.05) is 23.1 Å². The molecule has 1 amide bonds. The van der Waals surface area contributed by atoms with Crippen LogP contribution in [0.25, 0.3) is 0 Å². The molecule has 1 fully saturated rings. The van der Waals surface area contributed by atoms with Crippen molar-refractivity contribution in [2.45, 2.75) is 69.4 Å². The molecule has 0 saturated carbocycles. The van der Waals surface area contributed by atoms with Crippen molar-refractivity contribution in [2.75, 3.05) is 32.8 Å². The van der Waals surface area contributed by atoms with Crippen molar-refractivity contribution in [3.05, 3.63) is 58.4 Å². The van der Waals surface area contributed by atoms with Crippen LogP contribution >= 0.6 is 0 Å². The minimum Gasteiger partial charge on any atom is -0.486 e. The predicted octanol–water partition coefficient (Wildman–Crippen LogP) is 4.36. The number of carbonyl (C=O) groups excluding carboxylic acids is 1. The largest absolute Gasteiger partial charge is 0.486 e. The monoisotopic (exact) mass is 532 g/mol. The second-order valence-corrected chi connectivity index (χ2v) is 10.6. The summed E-state index contributed by atoms with van der Waals surface area (Å²) in [5, 5.41) is 13.5. The molecule has 0 aromatic heterocycles. The lowest BCUT2D eigenvalue weighted by Crippen LogP contribution is -2.51. The number of nitrogens with one attached hydrogen (secondary N) is 1. The smallest absolute Gasteiger partial charge is 0.324 e. The van der Waals surface area contributed by atoms with E-state index < -0.39 is 36.2 Å². The highest BCUT2D eigenvalue weighted by Gasteiger charge is 2.41. The molecule has 0 spiro atoms. The van der Waals surface area contributed by atoms with Gasteiger partial charge in [0, 0.05) is 13.0 Å². The molecular formula is C29H35F3N2O4. The van der Waals surface area contributed by atoms with Gasteiger partial charge in [0.2, 0.25) is 0 Å². The first-order valence-electron chi connectivity index (χ1n) is 13.6. The fourth-order valence-electron chi connectivity index (χ4n) is 5.63. The molecule has 5 rings (SSSR count). The molecule has 2 heterocycles. The van der Waals surface area contributed by atoms with Gasteiger partial charge in [-0.05, 0) is 92.4 Å². The van der Waals surface area contributed by atoms with Crippen LogP contribution < -0.4 is 14.8 Å². The van der Waals surface area contributed by atoms with Gasteiger partial charge in [-0.25, -0.2) is 4.39 Å². The van der Waals surface area contributed by atoms with E-state index in [2.05, 4.69) is 5.32 Å². The molecule has 6 nitrogen and oxygen atoms in total. The molecule has 2 atom stereocenters. The number of likely N-dealkylation sites (tertiary alicyclic amines) is 1. The van der Waals surface area contributed by atoms with Gasteiger partial charge in [-0.2, -0.15) is 8.78 Å². The number of rotatable bonds is 9. The maximum Gasteiger partial charge on any atom is 0.324 e. The van der Waals surface area contributed by atoms with Crippen LogP contribution in [-0.2, 0) is 24.1 Å². The third-order valence-electron chi connectivity index (χ3n) is 7.78. The summed E-state index contributed by atoms with van der Waals surface area (Å²) in [6.07, 6.45) is 4.14. The number of ether oxygens (including phenoxy) is 2. The molecule has 3 aliphatic rings. The minimum atomic E-state index is -3.63. The summed E-state index contributed by atoms with van der Waals surface area (Å²) in [4.78, 5) is 14.8. The van der Waals surface area contributed by atoms with Crippen molar-refractivity contribution in [2.24, 2.45) is 0 Å². The Labute approximate surface area is 221 Å². The van der Waals surface area contributed by atoms with Gasteiger partial charge in [-0.3, -0.25) is 4.79 Å². The standard InChI is InChI=1S/C29H35F3N2O4/c30-23-16-22(17-25-27(23)38-14-13-37-25)26(35)24(18-34-11-3-4-12-34)33-28(36)29(31,32)10-9-19-7-8-20-5-1-2-6-21(20)15-19/h7-8,15-17,24,26,35H,1-6,9-14,18H2,(H,33,36). The van der Waals surface area contributed by atoms with Gasteiger partial charge in [0.1, 0.15) is 19.3 Å².